The lowest BCUT2D eigenvalue weighted by Crippen LogP contribution is -2.30. The van der Waals surface area contributed by atoms with Crippen LogP contribution in [0.4, 0.5) is 23.2 Å². The van der Waals surface area contributed by atoms with Gasteiger partial charge < -0.3 is 5.73 Å². The number of amides is 1. The number of alkyl halides is 3. The molecule has 216 valence electrons. The number of primary amides is 1. The highest BCUT2D eigenvalue weighted by molar-refractivity contribution is 9.10. The standard InChI is InChI=1S/C27H22BrClF4N4O3S/c28-19-8-5-15(23(24(19)30)27(31,32)33)9-10-37(41(39)40)21-13-36-20(12-17(21)11-14-1-2-14)22(26(34)38)25(35-36)16-3-6-18(29)7-4-16/h3-8,12-14H,1-2,9-11H2,(H2,34,38)(H,39,40). The average molecular weight is 674 g/mol. The molecule has 1 aliphatic carbocycles. The Morgan fingerprint density at radius 2 is 1.88 bits per heavy atom. The number of fused-ring (bicyclic) bond motifs is 1. The number of halogens is 6. The minimum Gasteiger partial charge on any atom is -0.365 e. The average Bonchev–Trinajstić information content (AvgIpc) is 3.63. The second kappa shape index (κ2) is 11.3. The molecule has 2 heterocycles. The van der Waals surface area contributed by atoms with E-state index in [9.17, 15) is 31.1 Å². The molecule has 1 atom stereocenters. The molecule has 2 aromatic carbocycles. The zero-order valence-corrected chi connectivity index (χ0v) is 24.2. The van der Waals surface area contributed by atoms with Crippen molar-refractivity contribution in [1.29, 1.82) is 0 Å². The Labute approximate surface area is 247 Å². The Hall–Kier alpha value is -3.00. The van der Waals surface area contributed by atoms with Gasteiger partial charge in [-0.1, -0.05) is 29.8 Å². The fraction of sp³-hybridized carbons (Fsp3) is 0.259. The second-order valence-electron chi connectivity index (χ2n) is 9.73. The molecular weight excluding hydrogens is 652 g/mol. The number of nitrogens with zero attached hydrogens (tertiary/aromatic N) is 3. The first-order valence-electron chi connectivity index (χ1n) is 12.4. The predicted octanol–water partition coefficient (Wildman–Crippen LogP) is 6.81. The first-order valence-corrected chi connectivity index (χ1v) is 14.6. The van der Waals surface area contributed by atoms with E-state index in [1.54, 1.807) is 30.3 Å². The SMILES string of the molecule is NC(=O)c1c(-c2ccc(Cl)cc2)nn2cc(N(CCc3ccc(Br)c(F)c3C(F)(F)F)S(=O)O)c(CC3CC3)cc12. The molecule has 1 saturated carbocycles. The van der Waals surface area contributed by atoms with Crippen LogP contribution in [0.3, 0.4) is 0 Å². The largest absolute Gasteiger partial charge is 0.419 e. The van der Waals surface area contributed by atoms with Crippen molar-refractivity contribution in [3.63, 3.8) is 0 Å². The van der Waals surface area contributed by atoms with Crippen LogP contribution in [0.2, 0.25) is 5.02 Å². The lowest BCUT2D eigenvalue weighted by atomic mass is 10.0. The summed E-state index contributed by atoms with van der Waals surface area (Å²) in [7, 11) is 0. The number of pyridine rings is 1. The molecule has 1 amide bonds. The van der Waals surface area contributed by atoms with Crippen LogP contribution in [0.25, 0.3) is 16.8 Å². The molecule has 1 unspecified atom stereocenters. The molecule has 0 bridgehead atoms. The van der Waals surface area contributed by atoms with E-state index in [1.165, 1.54) is 10.7 Å². The van der Waals surface area contributed by atoms with Crippen LogP contribution in [-0.4, -0.2) is 30.8 Å². The number of carbonyl (C=O) groups is 1. The lowest BCUT2D eigenvalue weighted by Gasteiger charge is -2.24. The van der Waals surface area contributed by atoms with Crippen molar-refractivity contribution < 1.29 is 31.1 Å². The zero-order chi connectivity index (χ0) is 29.6. The van der Waals surface area contributed by atoms with Crippen LogP contribution in [-0.2, 0) is 30.3 Å². The summed E-state index contributed by atoms with van der Waals surface area (Å²) in [6.07, 6.45) is -1.51. The summed E-state index contributed by atoms with van der Waals surface area (Å²) in [5.74, 6) is -1.87. The van der Waals surface area contributed by atoms with Gasteiger partial charge in [-0.3, -0.25) is 13.7 Å². The van der Waals surface area contributed by atoms with Gasteiger partial charge in [0.15, 0.2) is 0 Å². The molecular formula is C27H22BrClF4N4O3S. The molecule has 5 rings (SSSR count). The van der Waals surface area contributed by atoms with Gasteiger partial charge in [-0.2, -0.15) is 18.3 Å². The topological polar surface area (TPSA) is 101 Å². The van der Waals surface area contributed by atoms with E-state index < -0.39 is 34.7 Å². The molecule has 3 N–H and O–H groups in total. The van der Waals surface area contributed by atoms with Crippen molar-refractivity contribution in [2.24, 2.45) is 11.7 Å². The third-order valence-corrected chi connectivity index (χ3v) is 8.53. The molecule has 4 aromatic rings. The van der Waals surface area contributed by atoms with Crippen molar-refractivity contribution in [3.8, 4) is 11.3 Å². The first-order chi connectivity index (χ1) is 19.3. The summed E-state index contributed by atoms with van der Waals surface area (Å²) in [5, 5.41) is 5.00. The number of nitrogens with two attached hydrogens (primary N) is 1. The monoisotopic (exact) mass is 672 g/mol. The number of hydrogen-bond donors (Lipinski definition) is 2. The van der Waals surface area contributed by atoms with Gasteiger partial charge >= 0.3 is 6.18 Å². The molecule has 0 aliphatic heterocycles. The summed E-state index contributed by atoms with van der Waals surface area (Å²) in [5.41, 5.74) is 6.16. The maximum Gasteiger partial charge on any atom is 0.419 e. The third-order valence-electron chi connectivity index (χ3n) is 6.91. The molecule has 41 heavy (non-hydrogen) atoms. The van der Waals surface area contributed by atoms with Gasteiger partial charge in [0.2, 0.25) is 0 Å². The summed E-state index contributed by atoms with van der Waals surface area (Å²) in [6.45, 7) is -0.343. The summed E-state index contributed by atoms with van der Waals surface area (Å²) < 4.78 is 80.5. The van der Waals surface area contributed by atoms with Gasteiger partial charge in [-0.15, -0.1) is 0 Å². The van der Waals surface area contributed by atoms with Crippen molar-refractivity contribution in [1.82, 2.24) is 9.61 Å². The van der Waals surface area contributed by atoms with Gasteiger partial charge in [0.25, 0.3) is 17.2 Å². The summed E-state index contributed by atoms with van der Waals surface area (Å²) in [6, 6.07) is 10.6. The minimum atomic E-state index is -4.97. The second-order valence-corrected chi connectivity index (χ2v) is 11.9. The highest BCUT2D eigenvalue weighted by atomic mass is 79.9. The summed E-state index contributed by atoms with van der Waals surface area (Å²) in [4.78, 5) is 12.6. The van der Waals surface area contributed by atoms with Crippen LogP contribution in [0.1, 0.15) is 39.9 Å². The highest BCUT2D eigenvalue weighted by Crippen LogP contribution is 2.39. The molecule has 1 aliphatic rings. The Balaban J connectivity index is 1.61. The molecule has 7 nitrogen and oxygen atoms in total. The molecule has 2 aromatic heterocycles. The molecule has 0 saturated heterocycles. The maximum atomic E-state index is 14.5. The fourth-order valence-electron chi connectivity index (χ4n) is 4.81. The van der Waals surface area contributed by atoms with Gasteiger partial charge in [0, 0.05) is 17.1 Å². The molecule has 0 spiro atoms. The van der Waals surface area contributed by atoms with Crippen molar-refractivity contribution in [2.45, 2.75) is 31.9 Å². The normalized spacial score (nSPS) is 14.4. The van der Waals surface area contributed by atoms with Gasteiger partial charge in [0.1, 0.15) is 11.5 Å². The fourth-order valence-corrected chi connectivity index (χ4v) is 5.84. The van der Waals surface area contributed by atoms with E-state index in [2.05, 4.69) is 21.0 Å². The van der Waals surface area contributed by atoms with Crippen LogP contribution < -0.4 is 10.0 Å². The number of carbonyl (C=O) groups excluding carboxylic acids is 1. The smallest absolute Gasteiger partial charge is 0.365 e. The Kier molecular flexibility index (Phi) is 8.16. The third kappa shape index (κ3) is 6.13. The van der Waals surface area contributed by atoms with Gasteiger partial charge in [-0.25, -0.2) is 13.1 Å². The van der Waals surface area contributed by atoms with Crippen molar-refractivity contribution in [3.05, 3.63) is 86.2 Å². The first kappa shape index (κ1) is 29.5. The van der Waals surface area contributed by atoms with E-state index in [1.807, 2.05) is 0 Å². The van der Waals surface area contributed by atoms with E-state index in [4.69, 9.17) is 17.3 Å². The van der Waals surface area contributed by atoms with Crippen LogP contribution in [0, 0.1) is 11.7 Å². The van der Waals surface area contributed by atoms with Gasteiger partial charge in [-0.05, 0) is 82.9 Å². The number of aromatic nitrogens is 2. The molecule has 14 heteroatoms. The number of hydrogen-bond acceptors (Lipinski definition) is 3. The highest BCUT2D eigenvalue weighted by Gasteiger charge is 2.38. The maximum absolute atomic E-state index is 14.5. The van der Waals surface area contributed by atoms with E-state index in [0.717, 1.165) is 29.3 Å². The number of benzene rings is 2. The number of rotatable bonds is 9. The van der Waals surface area contributed by atoms with Crippen LogP contribution in [0.15, 0.2) is 53.1 Å². The van der Waals surface area contributed by atoms with E-state index in [-0.39, 0.29) is 39.9 Å². The van der Waals surface area contributed by atoms with Crippen LogP contribution in [0.5, 0.6) is 0 Å². The van der Waals surface area contributed by atoms with Crippen molar-refractivity contribution in [2.75, 3.05) is 10.8 Å². The summed E-state index contributed by atoms with van der Waals surface area (Å²) >= 11 is 6.14. The molecule has 1 fully saturated rings. The van der Waals surface area contributed by atoms with E-state index in [0.29, 0.717) is 34.0 Å². The lowest BCUT2D eigenvalue weighted by molar-refractivity contribution is -0.140. The van der Waals surface area contributed by atoms with Gasteiger partial charge in [0.05, 0.1) is 33.0 Å². The molecule has 0 radical (unpaired) electrons. The number of anilines is 1. The van der Waals surface area contributed by atoms with Crippen LogP contribution >= 0.6 is 27.5 Å². The van der Waals surface area contributed by atoms with E-state index >= 15 is 0 Å². The minimum absolute atomic E-state index is 0.146. The zero-order valence-electron chi connectivity index (χ0n) is 21.1. The Bertz CT molecular complexity index is 1680. The van der Waals surface area contributed by atoms with Crippen molar-refractivity contribution >= 4 is 55.9 Å². The Morgan fingerprint density at radius 3 is 2.46 bits per heavy atom. The Morgan fingerprint density at radius 1 is 1.20 bits per heavy atom. The predicted molar refractivity (Wildman–Crippen MR) is 152 cm³/mol. The quantitative estimate of drug-likeness (QED) is 0.151.